The van der Waals surface area contributed by atoms with Crippen molar-refractivity contribution in [2.75, 3.05) is 19.7 Å². The third-order valence-corrected chi connectivity index (χ3v) is 8.43. The number of halogens is 1. The van der Waals surface area contributed by atoms with E-state index in [0.717, 1.165) is 67.6 Å². The first-order valence-corrected chi connectivity index (χ1v) is 13.6. The van der Waals surface area contributed by atoms with Gasteiger partial charge >= 0.3 is 0 Å². The summed E-state index contributed by atoms with van der Waals surface area (Å²) in [5.41, 5.74) is 1.07. The quantitative estimate of drug-likeness (QED) is 0.420. The van der Waals surface area contributed by atoms with Gasteiger partial charge in [-0.1, -0.05) is 22.8 Å². The van der Waals surface area contributed by atoms with Gasteiger partial charge in [-0.3, -0.25) is 4.90 Å². The van der Waals surface area contributed by atoms with Crippen LogP contribution >= 0.6 is 11.6 Å². The summed E-state index contributed by atoms with van der Waals surface area (Å²) < 4.78 is 19.9. The zero-order valence-electron chi connectivity index (χ0n) is 20.8. The largest absolute Gasteiger partial charge is 0.486 e. The highest BCUT2D eigenvalue weighted by atomic mass is 35.5. The van der Waals surface area contributed by atoms with E-state index < -0.39 is 0 Å². The van der Waals surface area contributed by atoms with E-state index in [1.54, 1.807) is 6.07 Å². The smallest absolute Gasteiger partial charge is 0.170 e. The van der Waals surface area contributed by atoms with Crippen LogP contribution in [0.25, 0.3) is 0 Å². The first kappa shape index (κ1) is 23.9. The highest BCUT2D eigenvalue weighted by molar-refractivity contribution is 6.30. The van der Waals surface area contributed by atoms with Crippen molar-refractivity contribution in [3.05, 3.63) is 58.5 Å². The molecule has 2 aliphatic heterocycles. The van der Waals surface area contributed by atoms with Crippen molar-refractivity contribution < 1.29 is 14.0 Å². The van der Waals surface area contributed by atoms with Crippen molar-refractivity contribution in [3.8, 4) is 5.75 Å². The fraction of sp³-hybridized carbons (Fsp3) is 0.593. The Kier molecular flexibility index (Phi) is 7.00. The Labute approximate surface area is 216 Å². The SMILES string of the molecule is Cn1c(COc2cccc(Cl)c2)nnc1C1CCC(c2cc([C@@H]3CC[C@@H](N4CCC4)CO3)on2)CC1. The van der Waals surface area contributed by atoms with Gasteiger partial charge in [0.1, 0.15) is 24.3 Å². The lowest BCUT2D eigenvalue weighted by Gasteiger charge is -2.41. The normalized spacial score (nSPS) is 27.1. The van der Waals surface area contributed by atoms with Gasteiger partial charge in [-0.15, -0.1) is 10.2 Å². The van der Waals surface area contributed by atoms with Gasteiger partial charge in [-0.05, 0) is 76.2 Å². The maximum absolute atomic E-state index is 6.17. The van der Waals surface area contributed by atoms with Gasteiger partial charge in [-0.25, -0.2) is 0 Å². The Morgan fingerprint density at radius 2 is 1.86 bits per heavy atom. The molecule has 9 heteroatoms. The summed E-state index contributed by atoms with van der Waals surface area (Å²) in [4.78, 5) is 2.53. The molecule has 4 heterocycles. The van der Waals surface area contributed by atoms with E-state index in [0.29, 0.717) is 29.5 Å². The fourth-order valence-corrected chi connectivity index (χ4v) is 5.99. The molecule has 0 spiro atoms. The van der Waals surface area contributed by atoms with E-state index in [2.05, 4.69) is 30.9 Å². The summed E-state index contributed by atoms with van der Waals surface area (Å²) >= 11 is 6.05. The molecule has 0 radical (unpaired) electrons. The average molecular weight is 512 g/mol. The third kappa shape index (κ3) is 5.04. The first-order chi connectivity index (χ1) is 17.6. The number of rotatable bonds is 7. The van der Waals surface area contributed by atoms with Crippen LogP contribution in [0.5, 0.6) is 5.75 Å². The molecule has 2 atom stereocenters. The molecule has 0 bridgehead atoms. The van der Waals surface area contributed by atoms with E-state index in [4.69, 9.17) is 25.6 Å². The molecule has 2 aromatic heterocycles. The molecular weight excluding hydrogens is 478 g/mol. The summed E-state index contributed by atoms with van der Waals surface area (Å²) in [7, 11) is 2.03. The zero-order chi connectivity index (χ0) is 24.5. The maximum Gasteiger partial charge on any atom is 0.170 e. The Bertz CT molecular complexity index is 1160. The lowest BCUT2D eigenvalue weighted by Crippen LogP contribution is -2.48. The van der Waals surface area contributed by atoms with Crippen molar-refractivity contribution in [2.24, 2.45) is 7.05 Å². The van der Waals surface area contributed by atoms with Gasteiger partial charge < -0.3 is 18.6 Å². The molecule has 3 fully saturated rings. The van der Waals surface area contributed by atoms with Crippen LogP contribution < -0.4 is 4.74 Å². The standard InChI is InChI=1S/C27H34ClN5O3/c1-32-26(17-34-22-5-2-4-20(28)14-22)29-30-27(32)19-8-6-18(7-9-19)23-15-25(36-31-23)24-11-10-21(16-35-24)33-12-3-13-33/h2,4-5,14-15,18-19,21,24H,3,6-13,16-17H2,1H3/t18?,19?,21-,24+/m1/s1. The minimum absolute atomic E-state index is 0.0475. The molecule has 8 nitrogen and oxygen atoms in total. The van der Waals surface area contributed by atoms with Crippen LogP contribution in [-0.4, -0.2) is 50.6 Å². The van der Waals surface area contributed by atoms with Gasteiger partial charge in [0, 0.05) is 36.0 Å². The highest BCUT2D eigenvalue weighted by Crippen LogP contribution is 2.41. The second-order valence-corrected chi connectivity index (χ2v) is 10.9. The second-order valence-electron chi connectivity index (χ2n) is 10.4. The van der Waals surface area contributed by atoms with Crippen LogP contribution in [0.4, 0.5) is 0 Å². The number of likely N-dealkylation sites (tertiary alicyclic amines) is 1. The Hall–Kier alpha value is -2.42. The van der Waals surface area contributed by atoms with Crippen LogP contribution in [0, 0.1) is 0 Å². The molecule has 0 amide bonds. The highest BCUT2D eigenvalue weighted by Gasteiger charge is 2.33. The van der Waals surface area contributed by atoms with Gasteiger partial charge in [0.15, 0.2) is 11.6 Å². The third-order valence-electron chi connectivity index (χ3n) is 8.20. The minimum Gasteiger partial charge on any atom is -0.486 e. The minimum atomic E-state index is 0.0475. The van der Waals surface area contributed by atoms with Gasteiger partial charge in [0.25, 0.3) is 0 Å². The number of ether oxygens (including phenoxy) is 2. The van der Waals surface area contributed by atoms with Crippen LogP contribution in [0.15, 0.2) is 34.9 Å². The summed E-state index contributed by atoms with van der Waals surface area (Å²) in [5.74, 6) is 4.30. The first-order valence-electron chi connectivity index (χ1n) is 13.2. The molecule has 2 saturated heterocycles. The number of aromatic nitrogens is 4. The van der Waals surface area contributed by atoms with E-state index >= 15 is 0 Å². The summed E-state index contributed by atoms with van der Waals surface area (Å²) in [5, 5.41) is 14.0. The average Bonchev–Trinajstić information content (AvgIpc) is 3.50. The van der Waals surface area contributed by atoms with Gasteiger partial charge in [0.05, 0.1) is 12.3 Å². The molecule has 192 valence electrons. The summed E-state index contributed by atoms with van der Waals surface area (Å²) in [6, 6.07) is 10.1. The predicted molar refractivity (Wildman–Crippen MR) is 135 cm³/mol. The van der Waals surface area contributed by atoms with Gasteiger partial charge in [-0.2, -0.15) is 0 Å². The number of hydrogen-bond acceptors (Lipinski definition) is 7. The van der Waals surface area contributed by atoms with E-state index in [9.17, 15) is 0 Å². The lowest BCUT2D eigenvalue weighted by atomic mass is 9.80. The molecule has 6 rings (SSSR count). The maximum atomic E-state index is 6.17. The van der Waals surface area contributed by atoms with E-state index in [1.807, 2.05) is 25.2 Å². The zero-order valence-corrected chi connectivity index (χ0v) is 21.6. The number of nitrogens with zero attached hydrogens (tertiary/aromatic N) is 5. The second kappa shape index (κ2) is 10.5. The van der Waals surface area contributed by atoms with Crippen LogP contribution in [0.2, 0.25) is 5.02 Å². The fourth-order valence-electron chi connectivity index (χ4n) is 5.81. The monoisotopic (exact) mass is 511 g/mol. The molecule has 36 heavy (non-hydrogen) atoms. The molecule has 1 saturated carbocycles. The molecule has 1 aromatic carbocycles. The number of hydrogen-bond donors (Lipinski definition) is 0. The molecule has 3 aliphatic rings. The van der Waals surface area contributed by atoms with Crippen molar-refractivity contribution in [2.45, 2.75) is 75.5 Å². The summed E-state index contributed by atoms with van der Waals surface area (Å²) in [6.45, 7) is 3.61. The Morgan fingerprint density at radius 3 is 2.58 bits per heavy atom. The van der Waals surface area contributed by atoms with Crippen LogP contribution in [0.3, 0.4) is 0 Å². The molecule has 0 N–H and O–H groups in total. The molecular formula is C27H34ClN5O3. The predicted octanol–water partition coefficient (Wildman–Crippen LogP) is 5.40. The molecule has 1 aliphatic carbocycles. The molecule has 0 unspecified atom stereocenters. The topological polar surface area (TPSA) is 78.4 Å². The Balaban J connectivity index is 1.01. The van der Waals surface area contributed by atoms with Gasteiger partial charge in [0.2, 0.25) is 0 Å². The Morgan fingerprint density at radius 1 is 1.03 bits per heavy atom. The van der Waals surface area contributed by atoms with Crippen molar-refractivity contribution in [3.63, 3.8) is 0 Å². The van der Waals surface area contributed by atoms with E-state index in [1.165, 1.54) is 25.9 Å². The van der Waals surface area contributed by atoms with Crippen molar-refractivity contribution in [1.82, 2.24) is 24.8 Å². The number of benzene rings is 1. The van der Waals surface area contributed by atoms with Crippen molar-refractivity contribution >= 4 is 11.6 Å². The van der Waals surface area contributed by atoms with E-state index in [-0.39, 0.29) is 6.10 Å². The lowest BCUT2D eigenvalue weighted by molar-refractivity contribution is -0.0617. The summed E-state index contributed by atoms with van der Waals surface area (Å²) in [6.07, 6.45) is 7.82. The van der Waals surface area contributed by atoms with Crippen molar-refractivity contribution in [1.29, 1.82) is 0 Å². The van der Waals surface area contributed by atoms with Crippen LogP contribution in [0.1, 0.15) is 86.0 Å². The van der Waals surface area contributed by atoms with Crippen LogP contribution in [-0.2, 0) is 18.4 Å². The molecule has 3 aromatic rings.